The minimum atomic E-state index is -0.432. The third-order valence-electron chi connectivity index (χ3n) is 8.96. The molecular weight excluding hydrogens is 580 g/mol. The number of morpholine rings is 1. The number of benzene rings is 3. The molecule has 1 saturated carbocycles. The number of hydrogen-bond acceptors (Lipinski definition) is 10. The summed E-state index contributed by atoms with van der Waals surface area (Å²) in [6, 6.07) is 15.8. The van der Waals surface area contributed by atoms with E-state index in [1.54, 1.807) is 12.1 Å². The molecule has 0 radical (unpaired) electrons. The Hall–Kier alpha value is -5.10. The van der Waals surface area contributed by atoms with Crippen molar-refractivity contribution in [1.29, 1.82) is 0 Å². The number of nitro benzene ring substituents is 1. The minimum absolute atomic E-state index is 0.0778. The molecule has 1 aliphatic carbocycles. The van der Waals surface area contributed by atoms with Crippen molar-refractivity contribution in [3.05, 3.63) is 87.0 Å². The summed E-state index contributed by atoms with van der Waals surface area (Å²) in [7, 11) is 0. The summed E-state index contributed by atoms with van der Waals surface area (Å²) in [6.07, 6.45) is 4.65. The number of nitro groups is 1. The van der Waals surface area contributed by atoms with Crippen LogP contribution in [-0.4, -0.2) is 61.4 Å². The number of amides is 1. The largest absolute Gasteiger partial charge is 0.454 e. The van der Waals surface area contributed by atoms with Gasteiger partial charge in [-0.2, -0.15) is 5.10 Å². The van der Waals surface area contributed by atoms with Crippen LogP contribution in [0.4, 0.5) is 11.4 Å². The molecule has 3 aromatic rings. The zero-order valence-corrected chi connectivity index (χ0v) is 24.3. The first-order chi connectivity index (χ1) is 22.0. The van der Waals surface area contributed by atoms with Crippen molar-refractivity contribution >= 4 is 29.1 Å². The van der Waals surface area contributed by atoms with Crippen LogP contribution in [0.2, 0.25) is 0 Å². The molecular formula is C33H30N4O8. The summed E-state index contributed by atoms with van der Waals surface area (Å²) in [5.74, 6) is 2.19. The van der Waals surface area contributed by atoms with Gasteiger partial charge in [-0.1, -0.05) is 12.1 Å². The number of ether oxygens (including phenoxy) is 5. The first kappa shape index (κ1) is 27.4. The van der Waals surface area contributed by atoms with Crippen LogP contribution in [0.3, 0.4) is 0 Å². The maximum Gasteiger partial charge on any atom is 0.293 e. The van der Waals surface area contributed by atoms with E-state index in [4.69, 9.17) is 28.8 Å². The van der Waals surface area contributed by atoms with E-state index in [-0.39, 0.29) is 30.8 Å². The van der Waals surface area contributed by atoms with Crippen molar-refractivity contribution in [2.75, 3.05) is 44.8 Å². The Morgan fingerprint density at radius 3 is 2.42 bits per heavy atom. The maximum absolute atomic E-state index is 14.3. The summed E-state index contributed by atoms with van der Waals surface area (Å²) in [5.41, 5.74) is 4.26. The Labute approximate surface area is 258 Å². The summed E-state index contributed by atoms with van der Waals surface area (Å²) < 4.78 is 27.7. The van der Waals surface area contributed by atoms with E-state index in [9.17, 15) is 14.9 Å². The first-order valence-corrected chi connectivity index (χ1v) is 15.1. The standard InChI is InChI=1S/C33H30N4O8/c38-33(23-5-7-25(26(16-23)37(39)40)35-10-12-41-13-11-35)36-32(22-6-9-28-30(17-22)45-19-43-28)24-3-1-2-21(31(24)34-36)14-20-4-8-27-29(15-20)44-18-42-27/h4-9,14-17,24,32H,1-3,10-13,18-19H2/b21-14+/t24-,32+/m0/s1. The molecule has 4 aliphatic heterocycles. The zero-order valence-electron chi connectivity index (χ0n) is 24.3. The minimum Gasteiger partial charge on any atom is -0.454 e. The predicted octanol–water partition coefficient (Wildman–Crippen LogP) is 5.33. The van der Waals surface area contributed by atoms with Crippen molar-refractivity contribution in [3.63, 3.8) is 0 Å². The Morgan fingerprint density at radius 2 is 1.64 bits per heavy atom. The molecule has 0 unspecified atom stereocenters. The van der Waals surface area contributed by atoms with E-state index in [1.807, 2.05) is 41.3 Å². The van der Waals surface area contributed by atoms with Crippen LogP contribution in [-0.2, 0) is 4.74 Å². The highest BCUT2D eigenvalue weighted by atomic mass is 16.7. The van der Waals surface area contributed by atoms with Gasteiger partial charge in [-0.3, -0.25) is 14.9 Å². The molecule has 1 saturated heterocycles. The molecule has 0 aromatic heterocycles. The van der Waals surface area contributed by atoms with Crippen LogP contribution in [0.1, 0.15) is 46.8 Å². The molecule has 3 aromatic carbocycles. The van der Waals surface area contributed by atoms with Crippen LogP contribution in [0.5, 0.6) is 23.0 Å². The van der Waals surface area contributed by atoms with Gasteiger partial charge < -0.3 is 28.6 Å². The first-order valence-electron chi connectivity index (χ1n) is 15.1. The van der Waals surface area contributed by atoms with Crippen LogP contribution in [0.15, 0.2) is 65.3 Å². The highest BCUT2D eigenvalue weighted by Crippen LogP contribution is 2.47. The molecule has 230 valence electrons. The van der Waals surface area contributed by atoms with Gasteiger partial charge in [-0.25, -0.2) is 5.01 Å². The molecule has 4 heterocycles. The van der Waals surface area contributed by atoms with E-state index in [0.717, 1.165) is 41.7 Å². The number of fused-ring (bicyclic) bond motifs is 3. The van der Waals surface area contributed by atoms with Gasteiger partial charge in [0, 0.05) is 30.6 Å². The number of nitrogens with zero attached hydrogens (tertiary/aromatic N) is 4. The number of carbonyl (C=O) groups is 1. The van der Waals surface area contributed by atoms with Crippen molar-refractivity contribution in [3.8, 4) is 23.0 Å². The second kappa shape index (κ2) is 11.1. The average molecular weight is 611 g/mol. The summed E-state index contributed by atoms with van der Waals surface area (Å²) >= 11 is 0. The van der Waals surface area contributed by atoms with Crippen LogP contribution in [0.25, 0.3) is 6.08 Å². The number of hydrogen-bond donors (Lipinski definition) is 0. The average Bonchev–Trinajstić information content (AvgIpc) is 3.83. The number of allylic oxidation sites excluding steroid dienone is 1. The van der Waals surface area contributed by atoms with E-state index in [1.165, 1.54) is 11.1 Å². The molecule has 5 aliphatic rings. The van der Waals surface area contributed by atoms with Gasteiger partial charge in [0.15, 0.2) is 23.0 Å². The van der Waals surface area contributed by atoms with E-state index in [2.05, 4.69) is 6.08 Å². The Morgan fingerprint density at radius 1 is 0.911 bits per heavy atom. The Bertz CT molecular complexity index is 1770. The normalized spacial score (nSPS) is 22.4. The number of carbonyl (C=O) groups excluding carboxylic acids is 1. The molecule has 8 rings (SSSR count). The molecule has 0 spiro atoms. The van der Waals surface area contributed by atoms with Gasteiger partial charge in [0.2, 0.25) is 13.6 Å². The molecule has 45 heavy (non-hydrogen) atoms. The third-order valence-corrected chi connectivity index (χ3v) is 8.96. The summed E-state index contributed by atoms with van der Waals surface area (Å²) in [4.78, 5) is 28.0. The van der Waals surface area contributed by atoms with Crippen molar-refractivity contribution < 1.29 is 33.4 Å². The van der Waals surface area contributed by atoms with Gasteiger partial charge in [0.05, 0.1) is 29.9 Å². The van der Waals surface area contributed by atoms with Gasteiger partial charge >= 0.3 is 0 Å². The van der Waals surface area contributed by atoms with E-state index in [0.29, 0.717) is 55.0 Å². The third kappa shape index (κ3) is 4.91. The van der Waals surface area contributed by atoms with Crippen molar-refractivity contribution in [2.45, 2.75) is 25.3 Å². The lowest BCUT2D eigenvalue weighted by molar-refractivity contribution is -0.384. The number of rotatable bonds is 5. The van der Waals surface area contributed by atoms with Crippen LogP contribution in [0, 0.1) is 16.0 Å². The molecule has 1 amide bonds. The van der Waals surface area contributed by atoms with Crippen LogP contribution < -0.4 is 23.8 Å². The maximum atomic E-state index is 14.3. The van der Waals surface area contributed by atoms with Crippen molar-refractivity contribution in [1.82, 2.24) is 5.01 Å². The quantitative estimate of drug-likeness (QED) is 0.279. The molecule has 12 heteroatoms. The summed E-state index contributed by atoms with van der Waals surface area (Å²) in [5, 5.41) is 18.7. The second-order valence-corrected chi connectivity index (χ2v) is 11.5. The molecule has 2 fully saturated rings. The van der Waals surface area contributed by atoms with E-state index < -0.39 is 16.9 Å². The van der Waals surface area contributed by atoms with Gasteiger partial charge in [0.25, 0.3) is 11.6 Å². The number of hydrazone groups is 1. The molecule has 2 atom stereocenters. The predicted molar refractivity (Wildman–Crippen MR) is 163 cm³/mol. The van der Waals surface area contributed by atoms with E-state index >= 15 is 0 Å². The highest BCUT2D eigenvalue weighted by molar-refractivity contribution is 6.09. The lowest BCUT2D eigenvalue weighted by atomic mass is 9.77. The zero-order chi connectivity index (χ0) is 30.5. The summed E-state index contributed by atoms with van der Waals surface area (Å²) in [6.45, 7) is 2.40. The monoisotopic (exact) mass is 610 g/mol. The fourth-order valence-corrected chi connectivity index (χ4v) is 6.81. The smallest absolute Gasteiger partial charge is 0.293 e. The topological polar surface area (TPSA) is 125 Å². The SMILES string of the molecule is O=C(c1ccc(N2CCOCC2)c([N+](=O)[O-])c1)N1N=C2/C(=C/c3ccc4c(c3)OCO4)CCC[C@@H]2[C@H]1c1ccc2c(c1)OCO2. The molecule has 0 bridgehead atoms. The Kier molecular flexibility index (Phi) is 6.78. The molecule has 0 N–H and O–H groups in total. The lowest BCUT2D eigenvalue weighted by Crippen LogP contribution is -2.36. The fourth-order valence-electron chi connectivity index (χ4n) is 6.81. The van der Waals surface area contributed by atoms with Crippen molar-refractivity contribution in [2.24, 2.45) is 11.0 Å². The van der Waals surface area contributed by atoms with Gasteiger partial charge in [0.1, 0.15) is 5.69 Å². The van der Waals surface area contributed by atoms with Gasteiger partial charge in [-0.15, -0.1) is 0 Å². The fraction of sp³-hybridized carbons (Fsp3) is 0.333. The van der Waals surface area contributed by atoms with Gasteiger partial charge in [-0.05, 0) is 78.4 Å². The highest BCUT2D eigenvalue weighted by Gasteiger charge is 2.44. The molecule has 12 nitrogen and oxygen atoms in total. The van der Waals surface area contributed by atoms with Crippen LogP contribution >= 0.6 is 0 Å². The number of anilines is 1. The second-order valence-electron chi connectivity index (χ2n) is 11.5. The Balaban J connectivity index is 1.19. The lowest BCUT2D eigenvalue weighted by Gasteiger charge is -2.30.